The van der Waals surface area contributed by atoms with Crippen LogP contribution >= 0.6 is 0 Å². The summed E-state index contributed by atoms with van der Waals surface area (Å²) in [6, 6.07) is 0. The molecule has 0 rings (SSSR count). The highest BCUT2D eigenvalue weighted by Crippen LogP contribution is 2.13. The first-order chi connectivity index (χ1) is 33.5. The first-order valence-electron chi connectivity index (χ1n) is 28.2. The highest BCUT2D eigenvalue weighted by Gasteiger charge is 2.19. The minimum Gasteiger partial charge on any atom is -0.462 e. The van der Waals surface area contributed by atoms with Gasteiger partial charge in [0.05, 0.1) is 0 Å². The molecule has 0 saturated carbocycles. The zero-order chi connectivity index (χ0) is 49.3. The number of rotatable bonds is 50. The molecule has 0 amide bonds. The van der Waals surface area contributed by atoms with Crippen molar-refractivity contribution < 1.29 is 28.6 Å². The molecular weight excluding hydrogens is 841 g/mol. The van der Waals surface area contributed by atoms with Gasteiger partial charge >= 0.3 is 17.9 Å². The molecule has 388 valence electrons. The Bertz CT molecular complexity index is 1360. The highest BCUT2D eigenvalue weighted by molar-refractivity contribution is 5.71. The smallest absolute Gasteiger partial charge is 0.306 e. The van der Waals surface area contributed by atoms with Crippen LogP contribution in [-0.4, -0.2) is 37.2 Å². The molecule has 0 aromatic carbocycles. The van der Waals surface area contributed by atoms with Crippen molar-refractivity contribution in [2.24, 2.45) is 0 Å². The van der Waals surface area contributed by atoms with Crippen LogP contribution in [0.4, 0.5) is 0 Å². The highest BCUT2D eigenvalue weighted by atomic mass is 16.6. The summed E-state index contributed by atoms with van der Waals surface area (Å²) in [6.45, 7) is 6.51. The van der Waals surface area contributed by atoms with Gasteiger partial charge in [-0.1, -0.05) is 208 Å². The summed E-state index contributed by atoms with van der Waals surface area (Å²) in [4.78, 5) is 38.1. The summed E-state index contributed by atoms with van der Waals surface area (Å²) in [5.74, 6) is -0.951. The topological polar surface area (TPSA) is 78.9 Å². The summed E-state index contributed by atoms with van der Waals surface area (Å²) in [5, 5.41) is 0. The average Bonchev–Trinajstić information content (AvgIpc) is 3.34. The van der Waals surface area contributed by atoms with Gasteiger partial charge < -0.3 is 14.2 Å². The lowest BCUT2D eigenvalue weighted by atomic mass is 10.1. The van der Waals surface area contributed by atoms with E-state index < -0.39 is 6.10 Å². The molecule has 0 N–H and O–H groups in total. The van der Waals surface area contributed by atoms with Gasteiger partial charge in [0, 0.05) is 19.3 Å². The lowest BCUT2D eigenvalue weighted by molar-refractivity contribution is -0.167. The number of esters is 3. The second kappa shape index (κ2) is 55.9. The molecule has 0 bridgehead atoms. The van der Waals surface area contributed by atoms with Crippen molar-refractivity contribution in [3.63, 3.8) is 0 Å². The summed E-state index contributed by atoms with van der Waals surface area (Å²) >= 11 is 0. The van der Waals surface area contributed by atoms with E-state index in [1.165, 1.54) is 96.3 Å². The molecule has 0 aliphatic heterocycles. The molecule has 0 aliphatic carbocycles. The Kier molecular flexibility index (Phi) is 52.9. The molecule has 0 spiro atoms. The molecule has 0 heterocycles. The van der Waals surface area contributed by atoms with E-state index in [-0.39, 0.29) is 31.1 Å². The van der Waals surface area contributed by atoms with Gasteiger partial charge in [-0.05, 0) is 128 Å². The molecule has 6 heteroatoms. The van der Waals surface area contributed by atoms with Crippen LogP contribution in [0.2, 0.25) is 0 Å². The third-order valence-electron chi connectivity index (χ3n) is 11.8. The summed E-state index contributed by atoms with van der Waals surface area (Å²) < 4.78 is 16.8. The maximum Gasteiger partial charge on any atom is 0.306 e. The molecule has 0 radical (unpaired) electrons. The first kappa shape index (κ1) is 64.3. The van der Waals surface area contributed by atoms with Gasteiger partial charge in [0.1, 0.15) is 13.2 Å². The van der Waals surface area contributed by atoms with Crippen molar-refractivity contribution in [3.05, 3.63) is 97.2 Å². The summed E-state index contributed by atoms with van der Waals surface area (Å²) in [7, 11) is 0. The van der Waals surface area contributed by atoms with E-state index in [4.69, 9.17) is 14.2 Å². The molecule has 6 nitrogen and oxygen atoms in total. The van der Waals surface area contributed by atoms with Crippen LogP contribution in [0.25, 0.3) is 0 Å². The standard InChI is InChI=1S/C62H104O6/c1-4-7-10-13-16-19-22-25-27-29-31-33-35-37-40-43-46-49-52-55-61(64)67-58-59(57-66-60(63)54-51-48-45-42-39-24-21-18-15-12-9-6-3)68-62(65)56-53-50-47-44-41-38-36-34-32-30-28-26-23-20-17-14-11-8-5-2/h16-21,25-28,31-34,37,40,59H,4-15,22-24,29-30,35-36,38-39,41-58H2,1-3H3/b19-16-,20-17-,21-18-,27-25-,28-26-,33-31-,34-32-,40-37-/t59-/m1/s1. The quantitative estimate of drug-likeness (QED) is 0.0262. The first-order valence-corrected chi connectivity index (χ1v) is 28.2. The van der Waals surface area contributed by atoms with Crippen molar-refractivity contribution in [1.29, 1.82) is 0 Å². The Balaban J connectivity index is 4.47. The van der Waals surface area contributed by atoms with Crippen LogP contribution in [0, 0.1) is 0 Å². The van der Waals surface area contributed by atoms with Crippen molar-refractivity contribution in [2.45, 2.75) is 264 Å². The Morgan fingerprint density at radius 2 is 0.529 bits per heavy atom. The SMILES string of the molecule is CCCCC/C=C\C/C=C\C/C=C\C/C=C\CCCCCC(=O)OC[C@@H](COC(=O)CCCCCCC/C=C\CCCCC)OC(=O)CCCCCCCC/C=C\C/C=C\C/C=C\CCCCC. The van der Waals surface area contributed by atoms with E-state index in [0.717, 1.165) is 122 Å². The number of hydrogen-bond acceptors (Lipinski definition) is 6. The molecule has 0 aliphatic rings. The molecular formula is C62H104O6. The second-order valence-corrected chi connectivity index (χ2v) is 18.5. The number of carbonyl (C=O) groups excluding carboxylic acids is 3. The monoisotopic (exact) mass is 945 g/mol. The Labute approximate surface area is 419 Å². The molecule has 1 atom stereocenters. The van der Waals surface area contributed by atoms with Crippen LogP contribution in [0.5, 0.6) is 0 Å². The number of hydrogen-bond donors (Lipinski definition) is 0. The predicted molar refractivity (Wildman–Crippen MR) is 293 cm³/mol. The zero-order valence-corrected chi connectivity index (χ0v) is 44.3. The molecule has 0 aromatic rings. The Morgan fingerprint density at radius 1 is 0.294 bits per heavy atom. The molecule has 0 unspecified atom stereocenters. The number of carbonyl (C=O) groups is 3. The fourth-order valence-electron chi connectivity index (χ4n) is 7.48. The van der Waals surface area contributed by atoms with Crippen LogP contribution in [-0.2, 0) is 28.6 Å². The average molecular weight is 946 g/mol. The van der Waals surface area contributed by atoms with Crippen molar-refractivity contribution in [3.8, 4) is 0 Å². The number of unbranched alkanes of at least 4 members (excludes halogenated alkanes) is 23. The minimum absolute atomic E-state index is 0.0984. The van der Waals surface area contributed by atoms with Crippen molar-refractivity contribution >= 4 is 17.9 Å². The third kappa shape index (κ3) is 53.3. The molecule has 0 aromatic heterocycles. The van der Waals surface area contributed by atoms with E-state index in [0.29, 0.717) is 19.3 Å². The van der Waals surface area contributed by atoms with E-state index in [9.17, 15) is 14.4 Å². The summed E-state index contributed by atoms with van der Waals surface area (Å²) in [5.41, 5.74) is 0. The van der Waals surface area contributed by atoms with Gasteiger partial charge in [-0.3, -0.25) is 14.4 Å². The lowest BCUT2D eigenvalue weighted by Crippen LogP contribution is -2.30. The fraction of sp³-hybridized carbons (Fsp3) is 0.694. The van der Waals surface area contributed by atoms with Crippen molar-refractivity contribution in [2.75, 3.05) is 13.2 Å². The van der Waals surface area contributed by atoms with Crippen LogP contribution < -0.4 is 0 Å². The van der Waals surface area contributed by atoms with Gasteiger partial charge in [-0.15, -0.1) is 0 Å². The van der Waals surface area contributed by atoms with Crippen LogP contribution in [0.3, 0.4) is 0 Å². The second-order valence-electron chi connectivity index (χ2n) is 18.5. The Morgan fingerprint density at radius 3 is 0.853 bits per heavy atom. The van der Waals surface area contributed by atoms with E-state index in [2.05, 4.69) is 118 Å². The van der Waals surface area contributed by atoms with Crippen molar-refractivity contribution in [1.82, 2.24) is 0 Å². The van der Waals surface area contributed by atoms with Gasteiger partial charge in [-0.25, -0.2) is 0 Å². The maximum absolute atomic E-state index is 12.8. The van der Waals surface area contributed by atoms with Gasteiger partial charge in [0.15, 0.2) is 6.10 Å². The van der Waals surface area contributed by atoms with E-state index in [1.54, 1.807) is 0 Å². The van der Waals surface area contributed by atoms with Gasteiger partial charge in [0.25, 0.3) is 0 Å². The maximum atomic E-state index is 12.8. The lowest BCUT2D eigenvalue weighted by Gasteiger charge is -2.18. The fourth-order valence-corrected chi connectivity index (χ4v) is 7.48. The zero-order valence-electron chi connectivity index (χ0n) is 44.3. The van der Waals surface area contributed by atoms with E-state index in [1.807, 2.05) is 0 Å². The van der Waals surface area contributed by atoms with Crippen LogP contribution in [0.15, 0.2) is 97.2 Å². The summed E-state index contributed by atoms with van der Waals surface area (Å²) in [6.07, 6.45) is 73.9. The molecule has 0 fully saturated rings. The molecule has 68 heavy (non-hydrogen) atoms. The van der Waals surface area contributed by atoms with Crippen LogP contribution in [0.1, 0.15) is 258 Å². The predicted octanol–water partition coefficient (Wildman–Crippen LogP) is 18.9. The number of allylic oxidation sites excluding steroid dienone is 16. The number of ether oxygens (including phenoxy) is 3. The van der Waals surface area contributed by atoms with Gasteiger partial charge in [0.2, 0.25) is 0 Å². The normalized spacial score (nSPS) is 12.8. The largest absolute Gasteiger partial charge is 0.462 e. The molecule has 0 saturated heterocycles. The Hall–Kier alpha value is -3.67. The van der Waals surface area contributed by atoms with E-state index >= 15 is 0 Å². The minimum atomic E-state index is -0.802. The van der Waals surface area contributed by atoms with Gasteiger partial charge in [-0.2, -0.15) is 0 Å². The third-order valence-corrected chi connectivity index (χ3v) is 11.8.